The van der Waals surface area contributed by atoms with Crippen molar-refractivity contribution in [3.8, 4) is 0 Å². The van der Waals surface area contributed by atoms with Crippen LogP contribution in [0.15, 0.2) is 0 Å². The van der Waals surface area contributed by atoms with Crippen molar-refractivity contribution < 1.29 is 14.7 Å². The summed E-state index contributed by atoms with van der Waals surface area (Å²) in [6, 6.07) is -0.618. The number of hydrogen-bond acceptors (Lipinski definition) is 3. The second-order valence-electron chi connectivity index (χ2n) is 3.83. The van der Waals surface area contributed by atoms with E-state index in [9.17, 15) is 9.59 Å². The number of carbonyl (C=O) groups excluding carboxylic acids is 1. The van der Waals surface area contributed by atoms with Crippen molar-refractivity contribution in [1.29, 1.82) is 0 Å². The number of carbonyl (C=O) groups is 2. The van der Waals surface area contributed by atoms with Gasteiger partial charge in [0.05, 0.1) is 6.54 Å². The summed E-state index contributed by atoms with van der Waals surface area (Å²) < 4.78 is 0. The second-order valence-corrected chi connectivity index (χ2v) is 3.83. The first-order valence-corrected chi connectivity index (χ1v) is 5.76. The highest BCUT2D eigenvalue weighted by molar-refractivity contribution is 5.79. The Balaban J connectivity index is 4.21. The van der Waals surface area contributed by atoms with E-state index < -0.39 is 12.0 Å². The summed E-state index contributed by atoms with van der Waals surface area (Å²) in [6.07, 6.45) is 1.71. The van der Waals surface area contributed by atoms with Gasteiger partial charge in [-0.25, -0.2) is 0 Å². The quantitative estimate of drug-likeness (QED) is 0.644. The van der Waals surface area contributed by atoms with Gasteiger partial charge in [-0.2, -0.15) is 0 Å². The molecule has 1 atom stereocenters. The zero-order valence-electron chi connectivity index (χ0n) is 10.3. The lowest BCUT2D eigenvalue weighted by molar-refractivity contribution is -0.143. The molecule has 0 heterocycles. The van der Waals surface area contributed by atoms with Crippen molar-refractivity contribution >= 4 is 11.9 Å². The van der Waals surface area contributed by atoms with Gasteiger partial charge in [0, 0.05) is 6.54 Å². The smallest absolute Gasteiger partial charge is 0.320 e. The molecule has 0 aromatic heterocycles. The second kappa shape index (κ2) is 8.10. The van der Waals surface area contributed by atoms with Crippen LogP contribution in [0.5, 0.6) is 0 Å². The van der Waals surface area contributed by atoms with Crippen molar-refractivity contribution in [2.24, 2.45) is 0 Å². The molecule has 0 aromatic carbocycles. The van der Waals surface area contributed by atoms with E-state index in [-0.39, 0.29) is 12.5 Å². The van der Waals surface area contributed by atoms with Gasteiger partial charge in [-0.3, -0.25) is 14.5 Å². The van der Waals surface area contributed by atoms with Gasteiger partial charge in [-0.1, -0.05) is 13.8 Å². The van der Waals surface area contributed by atoms with Gasteiger partial charge in [0.15, 0.2) is 0 Å². The molecule has 0 saturated carbocycles. The van der Waals surface area contributed by atoms with Crippen LogP contribution in [0.2, 0.25) is 0 Å². The molecule has 0 bridgehead atoms. The molecule has 0 aliphatic heterocycles. The van der Waals surface area contributed by atoms with Gasteiger partial charge in [0.2, 0.25) is 5.91 Å². The normalized spacial score (nSPS) is 12.5. The number of carboxylic acid groups (broad SMARTS) is 1. The molecular formula is C11H22N2O3. The van der Waals surface area contributed by atoms with Crippen LogP contribution < -0.4 is 5.32 Å². The SMILES string of the molecule is CCCNC(=O)CN(CCC)C(C)C(=O)O. The molecule has 0 fully saturated rings. The first kappa shape index (κ1) is 14.9. The minimum atomic E-state index is -0.892. The zero-order chi connectivity index (χ0) is 12.6. The molecule has 1 unspecified atom stereocenters. The maximum Gasteiger partial charge on any atom is 0.320 e. The van der Waals surface area contributed by atoms with Crippen LogP contribution in [0.4, 0.5) is 0 Å². The number of nitrogens with one attached hydrogen (secondary N) is 1. The fourth-order valence-electron chi connectivity index (χ4n) is 1.36. The summed E-state index contributed by atoms with van der Waals surface area (Å²) >= 11 is 0. The van der Waals surface area contributed by atoms with Gasteiger partial charge in [0.1, 0.15) is 6.04 Å². The summed E-state index contributed by atoms with van der Waals surface area (Å²) in [5, 5.41) is 11.6. The molecule has 16 heavy (non-hydrogen) atoms. The van der Waals surface area contributed by atoms with Crippen LogP contribution in [0.1, 0.15) is 33.6 Å². The molecule has 2 N–H and O–H groups in total. The predicted octanol–water partition coefficient (Wildman–Crippen LogP) is 0.698. The number of carboxylic acids is 1. The average Bonchev–Trinajstić information content (AvgIpc) is 2.24. The van der Waals surface area contributed by atoms with E-state index in [4.69, 9.17) is 5.11 Å². The standard InChI is InChI=1S/C11H22N2O3/c1-4-6-12-10(14)8-13(7-5-2)9(3)11(15)16/h9H,4-8H2,1-3H3,(H,12,14)(H,15,16). The predicted molar refractivity (Wildman–Crippen MR) is 62.3 cm³/mol. The number of rotatable bonds is 8. The van der Waals surface area contributed by atoms with Gasteiger partial charge < -0.3 is 10.4 Å². The Kier molecular flexibility index (Phi) is 7.54. The van der Waals surface area contributed by atoms with Crippen LogP contribution in [0, 0.1) is 0 Å². The fraction of sp³-hybridized carbons (Fsp3) is 0.818. The van der Waals surface area contributed by atoms with Crippen molar-refractivity contribution in [1.82, 2.24) is 10.2 Å². The highest BCUT2D eigenvalue weighted by Gasteiger charge is 2.21. The lowest BCUT2D eigenvalue weighted by Gasteiger charge is -2.24. The van der Waals surface area contributed by atoms with Crippen LogP contribution in [-0.2, 0) is 9.59 Å². The Hall–Kier alpha value is -1.10. The maximum atomic E-state index is 11.5. The molecule has 0 aliphatic carbocycles. The minimum absolute atomic E-state index is 0.108. The lowest BCUT2D eigenvalue weighted by Crippen LogP contribution is -2.45. The summed E-state index contributed by atoms with van der Waals surface area (Å²) in [7, 11) is 0. The number of aliphatic carboxylic acids is 1. The Morgan fingerprint density at radius 1 is 1.31 bits per heavy atom. The van der Waals surface area contributed by atoms with Crippen LogP contribution in [0.3, 0.4) is 0 Å². The van der Waals surface area contributed by atoms with E-state index in [1.807, 2.05) is 13.8 Å². The largest absolute Gasteiger partial charge is 0.480 e. The third kappa shape index (κ3) is 5.70. The first-order chi connectivity index (χ1) is 7.52. The Bertz CT molecular complexity index is 231. The first-order valence-electron chi connectivity index (χ1n) is 5.76. The van der Waals surface area contributed by atoms with Crippen LogP contribution in [-0.4, -0.2) is 47.6 Å². The highest BCUT2D eigenvalue weighted by atomic mass is 16.4. The van der Waals surface area contributed by atoms with Gasteiger partial charge in [-0.05, 0) is 26.3 Å². The molecule has 94 valence electrons. The zero-order valence-corrected chi connectivity index (χ0v) is 10.3. The average molecular weight is 230 g/mol. The van der Waals surface area contributed by atoms with Crippen molar-refractivity contribution in [3.63, 3.8) is 0 Å². The van der Waals surface area contributed by atoms with E-state index in [1.54, 1.807) is 11.8 Å². The highest BCUT2D eigenvalue weighted by Crippen LogP contribution is 2.00. The Morgan fingerprint density at radius 3 is 2.38 bits per heavy atom. The molecule has 0 aromatic rings. The number of nitrogens with zero attached hydrogens (tertiary/aromatic N) is 1. The fourth-order valence-corrected chi connectivity index (χ4v) is 1.36. The number of amides is 1. The van der Waals surface area contributed by atoms with E-state index >= 15 is 0 Å². The summed E-state index contributed by atoms with van der Waals surface area (Å²) in [5.74, 6) is -1.000. The Labute approximate surface area is 96.8 Å². The van der Waals surface area contributed by atoms with Gasteiger partial charge >= 0.3 is 5.97 Å². The summed E-state index contributed by atoms with van der Waals surface area (Å²) in [4.78, 5) is 24.0. The van der Waals surface area contributed by atoms with Crippen molar-refractivity contribution in [2.75, 3.05) is 19.6 Å². The molecule has 5 heteroatoms. The van der Waals surface area contributed by atoms with E-state index in [2.05, 4.69) is 5.32 Å². The Morgan fingerprint density at radius 2 is 1.94 bits per heavy atom. The number of hydrogen-bond donors (Lipinski definition) is 2. The molecule has 5 nitrogen and oxygen atoms in total. The monoisotopic (exact) mass is 230 g/mol. The van der Waals surface area contributed by atoms with E-state index in [0.717, 1.165) is 12.8 Å². The molecular weight excluding hydrogens is 208 g/mol. The molecule has 0 radical (unpaired) electrons. The summed E-state index contributed by atoms with van der Waals surface area (Å²) in [5.41, 5.74) is 0. The molecule has 0 saturated heterocycles. The van der Waals surface area contributed by atoms with Crippen LogP contribution in [0.25, 0.3) is 0 Å². The van der Waals surface area contributed by atoms with Gasteiger partial charge in [0.25, 0.3) is 0 Å². The third-order valence-electron chi connectivity index (χ3n) is 2.33. The minimum Gasteiger partial charge on any atom is -0.480 e. The van der Waals surface area contributed by atoms with Gasteiger partial charge in [-0.15, -0.1) is 0 Å². The van der Waals surface area contributed by atoms with Crippen molar-refractivity contribution in [3.05, 3.63) is 0 Å². The van der Waals surface area contributed by atoms with Crippen LogP contribution >= 0.6 is 0 Å². The molecule has 0 spiro atoms. The van der Waals surface area contributed by atoms with E-state index in [1.165, 1.54) is 0 Å². The summed E-state index contributed by atoms with van der Waals surface area (Å²) in [6.45, 7) is 6.95. The third-order valence-corrected chi connectivity index (χ3v) is 2.33. The molecule has 0 aliphatic rings. The molecule has 1 amide bonds. The maximum absolute atomic E-state index is 11.5. The topological polar surface area (TPSA) is 69.6 Å². The molecule has 0 rings (SSSR count). The van der Waals surface area contributed by atoms with Crippen molar-refractivity contribution in [2.45, 2.75) is 39.7 Å². The lowest BCUT2D eigenvalue weighted by atomic mass is 10.2. The van der Waals surface area contributed by atoms with E-state index in [0.29, 0.717) is 13.1 Å².